The summed E-state index contributed by atoms with van der Waals surface area (Å²) in [5.74, 6) is 0.849. The zero-order valence-electron chi connectivity index (χ0n) is 19.5. The molecule has 2 amide bonds. The van der Waals surface area contributed by atoms with Gasteiger partial charge >= 0.3 is 0 Å². The molecule has 0 saturated heterocycles. The first kappa shape index (κ1) is 23.8. The van der Waals surface area contributed by atoms with Gasteiger partial charge < -0.3 is 15.0 Å². The van der Waals surface area contributed by atoms with Gasteiger partial charge in [-0.05, 0) is 48.4 Å². The standard InChI is InChI=1S/C27H36N2O3/c1-4-25(27(31)28-23-12-8-9-13-23)29(18-21-10-6-5-7-11-21)26(30)19-32-24-16-14-22(15-17-24)20(2)3/h5-7,10-11,14-17,20,23,25H,4,8-9,12-13,18-19H2,1-3H3,(H,28,31). The zero-order valence-corrected chi connectivity index (χ0v) is 19.5. The Balaban J connectivity index is 1.71. The third kappa shape index (κ3) is 6.59. The molecule has 1 fully saturated rings. The number of hydrogen-bond acceptors (Lipinski definition) is 3. The summed E-state index contributed by atoms with van der Waals surface area (Å²) in [6, 6.07) is 17.4. The number of nitrogens with zero attached hydrogens (tertiary/aromatic N) is 1. The fourth-order valence-electron chi connectivity index (χ4n) is 4.24. The lowest BCUT2D eigenvalue weighted by Gasteiger charge is -2.31. The summed E-state index contributed by atoms with van der Waals surface area (Å²) in [7, 11) is 0. The minimum Gasteiger partial charge on any atom is -0.484 e. The van der Waals surface area contributed by atoms with Gasteiger partial charge in [-0.2, -0.15) is 0 Å². The Kier molecular flexibility index (Phi) is 8.72. The van der Waals surface area contributed by atoms with Crippen LogP contribution in [0.2, 0.25) is 0 Å². The van der Waals surface area contributed by atoms with E-state index in [0.717, 1.165) is 31.2 Å². The fraction of sp³-hybridized carbons (Fsp3) is 0.481. The number of ether oxygens (including phenoxy) is 1. The number of hydrogen-bond donors (Lipinski definition) is 1. The monoisotopic (exact) mass is 436 g/mol. The lowest BCUT2D eigenvalue weighted by Crippen LogP contribution is -2.52. The Morgan fingerprint density at radius 3 is 2.28 bits per heavy atom. The predicted molar refractivity (Wildman–Crippen MR) is 127 cm³/mol. The third-order valence-electron chi connectivity index (χ3n) is 6.19. The van der Waals surface area contributed by atoms with Crippen LogP contribution >= 0.6 is 0 Å². The highest BCUT2D eigenvalue weighted by Crippen LogP contribution is 2.21. The lowest BCUT2D eigenvalue weighted by molar-refractivity contribution is -0.143. The van der Waals surface area contributed by atoms with Gasteiger partial charge in [0.25, 0.3) is 5.91 Å². The lowest BCUT2D eigenvalue weighted by atomic mass is 10.0. The van der Waals surface area contributed by atoms with Crippen LogP contribution in [-0.4, -0.2) is 35.4 Å². The molecule has 2 aromatic rings. The van der Waals surface area contributed by atoms with E-state index in [1.807, 2.05) is 61.5 Å². The van der Waals surface area contributed by atoms with E-state index in [-0.39, 0.29) is 24.5 Å². The molecule has 172 valence electrons. The number of amides is 2. The molecule has 0 aromatic heterocycles. The van der Waals surface area contributed by atoms with Crippen molar-refractivity contribution in [1.29, 1.82) is 0 Å². The minimum absolute atomic E-state index is 0.0648. The third-order valence-corrected chi connectivity index (χ3v) is 6.19. The summed E-state index contributed by atoms with van der Waals surface area (Å²) in [5, 5.41) is 3.17. The van der Waals surface area contributed by atoms with Crippen molar-refractivity contribution in [2.75, 3.05) is 6.61 Å². The quantitative estimate of drug-likeness (QED) is 0.567. The first-order valence-corrected chi connectivity index (χ1v) is 11.8. The van der Waals surface area contributed by atoms with Crippen LogP contribution in [0.1, 0.15) is 69.9 Å². The van der Waals surface area contributed by atoms with E-state index >= 15 is 0 Å². The molecule has 0 heterocycles. The van der Waals surface area contributed by atoms with E-state index in [0.29, 0.717) is 24.6 Å². The summed E-state index contributed by atoms with van der Waals surface area (Å²) in [6.07, 6.45) is 4.89. The molecule has 0 aliphatic heterocycles. The van der Waals surface area contributed by atoms with Gasteiger partial charge in [0, 0.05) is 12.6 Å². The van der Waals surface area contributed by atoms with E-state index in [1.54, 1.807) is 4.90 Å². The predicted octanol–water partition coefficient (Wildman–Crippen LogP) is 5.06. The van der Waals surface area contributed by atoms with Gasteiger partial charge in [-0.15, -0.1) is 0 Å². The van der Waals surface area contributed by atoms with Crippen molar-refractivity contribution >= 4 is 11.8 Å². The number of carbonyl (C=O) groups is 2. The Morgan fingerprint density at radius 2 is 1.69 bits per heavy atom. The Bertz CT molecular complexity index is 858. The molecule has 5 heteroatoms. The molecule has 3 rings (SSSR count). The van der Waals surface area contributed by atoms with Crippen LogP contribution in [0.3, 0.4) is 0 Å². The highest BCUT2D eigenvalue weighted by molar-refractivity contribution is 5.88. The molecule has 32 heavy (non-hydrogen) atoms. The van der Waals surface area contributed by atoms with Gasteiger partial charge in [0.1, 0.15) is 11.8 Å². The topological polar surface area (TPSA) is 58.6 Å². The average molecular weight is 437 g/mol. The van der Waals surface area contributed by atoms with Gasteiger partial charge in [0.15, 0.2) is 6.61 Å². The summed E-state index contributed by atoms with van der Waals surface area (Å²) >= 11 is 0. The minimum atomic E-state index is -0.518. The largest absolute Gasteiger partial charge is 0.484 e. The van der Waals surface area contributed by atoms with Crippen LogP contribution in [0.15, 0.2) is 54.6 Å². The van der Waals surface area contributed by atoms with Crippen LogP contribution in [0.4, 0.5) is 0 Å². The average Bonchev–Trinajstić information content (AvgIpc) is 3.31. The van der Waals surface area contributed by atoms with Crippen molar-refractivity contribution in [3.63, 3.8) is 0 Å². The van der Waals surface area contributed by atoms with E-state index in [9.17, 15) is 9.59 Å². The smallest absolute Gasteiger partial charge is 0.261 e. The maximum Gasteiger partial charge on any atom is 0.261 e. The number of nitrogens with one attached hydrogen (secondary N) is 1. The molecular formula is C27H36N2O3. The van der Waals surface area contributed by atoms with Crippen molar-refractivity contribution in [2.24, 2.45) is 0 Å². The molecule has 5 nitrogen and oxygen atoms in total. The van der Waals surface area contributed by atoms with Crippen molar-refractivity contribution in [2.45, 2.75) is 77.4 Å². The molecule has 1 unspecified atom stereocenters. The van der Waals surface area contributed by atoms with E-state index < -0.39 is 6.04 Å². The van der Waals surface area contributed by atoms with Gasteiger partial charge in [0.05, 0.1) is 0 Å². The van der Waals surface area contributed by atoms with E-state index in [4.69, 9.17) is 4.74 Å². The van der Waals surface area contributed by atoms with Crippen LogP contribution in [0.5, 0.6) is 5.75 Å². The first-order valence-electron chi connectivity index (χ1n) is 11.8. The Labute approximate surface area is 192 Å². The summed E-state index contributed by atoms with van der Waals surface area (Å²) < 4.78 is 5.81. The van der Waals surface area contributed by atoms with Gasteiger partial charge in [-0.1, -0.05) is 76.1 Å². The normalized spacial score (nSPS) is 14.9. The van der Waals surface area contributed by atoms with E-state index in [1.165, 1.54) is 5.56 Å². The molecule has 2 aromatic carbocycles. The molecule has 1 N–H and O–H groups in total. The molecule has 1 atom stereocenters. The van der Waals surface area contributed by atoms with Crippen molar-refractivity contribution in [3.05, 3.63) is 65.7 Å². The van der Waals surface area contributed by atoms with Gasteiger partial charge in [-0.3, -0.25) is 9.59 Å². The number of rotatable bonds is 10. The highest BCUT2D eigenvalue weighted by Gasteiger charge is 2.30. The molecule has 1 aliphatic carbocycles. The van der Waals surface area contributed by atoms with E-state index in [2.05, 4.69) is 19.2 Å². The second-order valence-corrected chi connectivity index (χ2v) is 8.93. The van der Waals surface area contributed by atoms with Crippen LogP contribution in [0, 0.1) is 0 Å². The molecule has 0 radical (unpaired) electrons. The second kappa shape index (κ2) is 11.7. The maximum absolute atomic E-state index is 13.3. The molecule has 1 saturated carbocycles. The second-order valence-electron chi connectivity index (χ2n) is 8.93. The highest BCUT2D eigenvalue weighted by atomic mass is 16.5. The Morgan fingerprint density at radius 1 is 1.03 bits per heavy atom. The van der Waals surface area contributed by atoms with Crippen LogP contribution in [0.25, 0.3) is 0 Å². The SMILES string of the molecule is CCC(C(=O)NC1CCCC1)N(Cc1ccccc1)C(=O)COc1ccc(C(C)C)cc1. The van der Waals surface area contributed by atoms with Gasteiger partial charge in [0.2, 0.25) is 5.91 Å². The van der Waals surface area contributed by atoms with Crippen molar-refractivity contribution in [1.82, 2.24) is 10.2 Å². The summed E-state index contributed by atoms with van der Waals surface area (Å²) in [5.41, 5.74) is 2.22. The molecule has 0 bridgehead atoms. The van der Waals surface area contributed by atoms with Crippen molar-refractivity contribution < 1.29 is 14.3 Å². The fourth-order valence-corrected chi connectivity index (χ4v) is 4.24. The number of benzene rings is 2. The number of carbonyl (C=O) groups excluding carboxylic acids is 2. The van der Waals surface area contributed by atoms with Crippen LogP contribution < -0.4 is 10.1 Å². The first-order chi connectivity index (χ1) is 15.5. The summed E-state index contributed by atoms with van der Waals surface area (Å²) in [6.45, 7) is 6.52. The zero-order chi connectivity index (χ0) is 22.9. The maximum atomic E-state index is 13.3. The van der Waals surface area contributed by atoms with Crippen molar-refractivity contribution in [3.8, 4) is 5.75 Å². The van der Waals surface area contributed by atoms with Gasteiger partial charge in [-0.25, -0.2) is 0 Å². The molecule has 0 spiro atoms. The molecular weight excluding hydrogens is 400 g/mol. The molecule has 1 aliphatic rings. The summed E-state index contributed by atoms with van der Waals surface area (Å²) in [4.78, 5) is 28.0. The Hall–Kier alpha value is -2.82. The van der Waals surface area contributed by atoms with Crippen LogP contribution in [-0.2, 0) is 16.1 Å².